The average molecular weight is 360 g/mol. The van der Waals surface area contributed by atoms with Crippen LogP contribution in [0, 0.1) is 5.92 Å². The third-order valence-corrected chi connectivity index (χ3v) is 5.19. The van der Waals surface area contributed by atoms with Crippen LogP contribution in [0.25, 0.3) is 0 Å². The van der Waals surface area contributed by atoms with Crippen LogP contribution < -0.4 is 10.6 Å². The molecule has 1 aliphatic rings. The van der Waals surface area contributed by atoms with Crippen LogP contribution >= 0.6 is 0 Å². The highest BCUT2D eigenvalue weighted by molar-refractivity contribution is 5.78. The molecule has 0 unspecified atom stereocenters. The van der Waals surface area contributed by atoms with Crippen LogP contribution in [0.4, 0.5) is 0 Å². The van der Waals surface area contributed by atoms with Gasteiger partial charge in [-0.2, -0.15) is 0 Å². The van der Waals surface area contributed by atoms with Crippen LogP contribution in [0.3, 0.4) is 0 Å². The van der Waals surface area contributed by atoms with E-state index in [9.17, 15) is 9.59 Å². The van der Waals surface area contributed by atoms with Gasteiger partial charge < -0.3 is 10.6 Å². The van der Waals surface area contributed by atoms with Gasteiger partial charge in [0.25, 0.3) is 0 Å². The van der Waals surface area contributed by atoms with E-state index in [-0.39, 0.29) is 23.9 Å². The van der Waals surface area contributed by atoms with Crippen LogP contribution in [-0.2, 0) is 16.0 Å². The number of carbonyl (C=O) groups excluding carboxylic acids is 2. The molecule has 26 heavy (non-hydrogen) atoms. The maximum Gasteiger partial charge on any atom is 0.234 e. The summed E-state index contributed by atoms with van der Waals surface area (Å²) in [6, 6.07) is 10.5. The topological polar surface area (TPSA) is 61.4 Å². The molecule has 2 N–H and O–H groups in total. The molecule has 144 valence electrons. The summed E-state index contributed by atoms with van der Waals surface area (Å²) < 4.78 is 0. The van der Waals surface area contributed by atoms with E-state index in [0.29, 0.717) is 18.9 Å². The number of likely N-dealkylation sites (tertiary alicyclic amines) is 1. The molecule has 0 spiro atoms. The summed E-state index contributed by atoms with van der Waals surface area (Å²) in [5, 5.41) is 6.20. The lowest BCUT2D eigenvalue weighted by Gasteiger charge is -2.32. The highest BCUT2D eigenvalue weighted by Crippen LogP contribution is 2.11. The monoisotopic (exact) mass is 359 g/mol. The SMILES string of the molecule is CC(C)[C@H](C)NC(=O)CN1CCC(NC(=O)CCc2ccccc2)CC1. The molecule has 0 radical (unpaired) electrons. The Balaban J connectivity index is 1.63. The Kier molecular flexibility index (Phi) is 8.10. The Bertz CT molecular complexity index is 566. The molecule has 1 heterocycles. The molecule has 1 aromatic carbocycles. The highest BCUT2D eigenvalue weighted by Gasteiger charge is 2.22. The second-order valence-corrected chi connectivity index (χ2v) is 7.70. The molecule has 0 aliphatic carbocycles. The summed E-state index contributed by atoms with van der Waals surface area (Å²) in [7, 11) is 0. The first-order valence-electron chi connectivity index (χ1n) is 9.79. The molecule has 0 saturated carbocycles. The Morgan fingerprint density at radius 3 is 2.35 bits per heavy atom. The molecule has 2 rings (SSSR count). The zero-order valence-electron chi connectivity index (χ0n) is 16.3. The fraction of sp³-hybridized carbons (Fsp3) is 0.619. The van der Waals surface area contributed by atoms with Crippen molar-refractivity contribution in [1.29, 1.82) is 0 Å². The summed E-state index contributed by atoms with van der Waals surface area (Å²) in [5.74, 6) is 0.656. The Morgan fingerprint density at radius 1 is 1.08 bits per heavy atom. The summed E-state index contributed by atoms with van der Waals surface area (Å²) in [5.41, 5.74) is 1.19. The lowest BCUT2D eigenvalue weighted by molar-refractivity contribution is -0.124. The number of piperidine rings is 1. The van der Waals surface area contributed by atoms with E-state index < -0.39 is 0 Å². The predicted molar refractivity (Wildman–Crippen MR) is 105 cm³/mol. The van der Waals surface area contributed by atoms with E-state index >= 15 is 0 Å². The Labute approximate surface area is 157 Å². The van der Waals surface area contributed by atoms with Crippen LogP contribution in [0.15, 0.2) is 30.3 Å². The molecule has 1 aliphatic heterocycles. The summed E-state index contributed by atoms with van der Waals surface area (Å²) in [6.07, 6.45) is 3.12. The first kappa shape index (κ1) is 20.4. The van der Waals surface area contributed by atoms with Crippen LogP contribution in [-0.4, -0.2) is 48.4 Å². The van der Waals surface area contributed by atoms with Gasteiger partial charge in [-0.1, -0.05) is 44.2 Å². The van der Waals surface area contributed by atoms with Crippen LogP contribution in [0.2, 0.25) is 0 Å². The van der Waals surface area contributed by atoms with Gasteiger partial charge in [0.05, 0.1) is 6.54 Å². The minimum atomic E-state index is 0.0940. The first-order chi connectivity index (χ1) is 12.4. The normalized spacial score (nSPS) is 17.1. The molecular weight excluding hydrogens is 326 g/mol. The molecule has 1 atom stereocenters. The third kappa shape index (κ3) is 7.16. The van der Waals surface area contributed by atoms with Crippen molar-refractivity contribution in [2.24, 2.45) is 5.92 Å². The minimum absolute atomic E-state index is 0.0940. The number of carbonyl (C=O) groups is 2. The van der Waals surface area contributed by atoms with E-state index in [1.54, 1.807) is 0 Å². The van der Waals surface area contributed by atoms with Crippen molar-refractivity contribution in [3.63, 3.8) is 0 Å². The lowest BCUT2D eigenvalue weighted by Crippen LogP contribution is -2.48. The molecule has 5 nitrogen and oxygen atoms in total. The smallest absolute Gasteiger partial charge is 0.234 e. The molecule has 5 heteroatoms. The minimum Gasteiger partial charge on any atom is -0.353 e. The van der Waals surface area contributed by atoms with Crippen molar-refractivity contribution in [3.8, 4) is 0 Å². The highest BCUT2D eigenvalue weighted by atomic mass is 16.2. The second kappa shape index (κ2) is 10.3. The van der Waals surface area contributed by atoms with Crippen molar-refractivity contribution in [2.45, 2.75) is 58.5 Å². The van der Waals surface area contributed by atoms with Crippen LogP contribution in [0.5, 0.6) is 0 Å². The van der Waals surface area contributed by atoms with Gasteiger partial charge in [-0.15, -0.1) is 0 Å². The molecule has 1 saturated heterocycles. The van der Waals surface area contributed by atoms with Crippen molar-refractivity contribution in [2.75, 3.05) is 19.6 Å². The number of rotatable bonds is 8. The van der Waals surface area contributed by atoms with Crippen molar-refractivity contribution >= 4 is 11.8 Å². The average Bonchev–Trinajstić information content (AvgIpc) is 2.62. The predicted octanol–water partition coefficient (Wildman–Crippen LogP) is 2.36. The third-order valence-electron chi connectivity index (χ3n) is 5.19. The molecular formula is C21H33N3O2. The number of nitrogens with zero attached hydrogens (tertiary/aromatic N) is 1. The standard InChI is InChI=1S/C21H33N3O2/c1-16(2)17(3)22-21(26)15-24-13-11-19(12-14-24)23-20(25)10-9-18-7-5-4-6-8-18/h4-8,16-17,19H,9-15H2,1-3H3,(H,22,26)(H,23,25)/t17-/m0/s1. The fourth-order valence-electron chi connectivity index (χ4n) is 3.11. The number of benzene rings is 1. The maximum atomic E-state index is 12.1. The zero-order chi connectivity index (χ0) is 18.9. The quantitative estimate of drug-likeness (QED) is 0.749. The van der Waals surface area contributed by atoms with E-state index in [1.807, 2.05) is 25.1 Å². The van der Waals surface area contributed by atoms with Crippen molar-refractivity contribution < 1.29 is 9.59 Å². The number of aryl methyl sites for hydroxylation is 1. The van der Waals surface area contributed by atoms with Gasteiger partial charge >= 0.3 is 0 Å². The lowest BCUT2D eigenvalue weighted by atomic mass is 10.0. The number of hydrogen-bond donors (Lipinski definition) is 2. The maximum absolute atomic E-state index is 12.1. The first-order valence-corrected chi connectivity index (χ1v) is 9.79. The summed E-state index contributed by atoms with van der Waals surface area (Å²) in [4.78, 5) is 26.4. The fourth-order valence-corrected chi connectivity index (χ4v) is 3.11. The number of amides is 2. The van der Waals surface area contributed by atoms with Crippen LogP contribution in [0.1, 0.15) is 45.6 Å². The van der Waals surface area contributed by atoms with Gasteiger partial charge in [-0.25, -0.2) is 0 Å². The van der Waals surface area contributed by atoms with Gasteiger partial charge in [-0.3, -0.25) is 14.5 Å². The van der Waals surface area contributed by atoms with E-state index in [2.05, 4.69) is 41.5 Å². The molecule has 0 bridgehead atoms. The molecule has 1 fully saturated rings. The van der Waals surface area contributed by atoms with Gasteiger partial charge in [0.1, 0.15) is 0 Å². The number of nitrogens with one attached hydrogen (secondary N) is 2. The van der Waals surface area contributed by atoms with E-state index in [4.69, 9.17) is 0 Å². The Morgan fingerprint density at radius 2 is 1.73 bits per heavy atom. The molecule has 0 aromatic heterocycles. The Hall–Kier alpha value is -1.88. The van der Waals surface area contributed by atoms with Crippen molar-refractivity contribution in [3.05, 3.63) is 35.9 Å². The molecule has 1 aromatic rings. The van der Waals surface area contributed by atoms with Gasteiger partial charge in [-0.05, 0) is 37.7 Å². The van der Waals surface area contributed by atoms with Crippen molar-refractivity contribution in [1.82, 2.24) is 15.5 Å². The van der Waals surface area contributed by atoms with Gasteiger partial charge in [0.15, 0.2) is 0 Å². The van der Waals surface area contributed by atoms with E-state index in [0.717, 1.165) is 32.4 Å². The zero-order valence-corrected chi connectivity index (χ0v) is 16.3. The second-order valence-electron chi connectivity index (χ2n) is 7.70. The van der Waals surface area contributed by atoms with E-state index in [1.165, 1.54) is 5.56 Å². The molecule has 2 amide bonds. The van der Waals surface area contributed by atoms with Gasteiger partial charge in [0, 0.05) is 31.6 Å². The largest absolute Gasteiger partial charge is 0.353 e. The summed E-state index contributed by atoms with van der Waals surface area (Å²) >= 11 is 0. The number of hydrogen-bond acceptors (Lipinski definition) is 3. The van der Waals surface area contributed by atoms with Gasteiger partial charge in [0.2, 0.25) is 11.8 Å². The summed E-state index contributed by atoms with van der Waals surface area (Å²) in [6.45, 7) is 8.42.